The molecule has 1 amide bonds. The average molecular weight is 565 g/mol. The van der Waals surface area contributed by atoms with Crippen LogP contribution in [-0.4, -0.2) is 72.4 Å². The monoisotopic (exact) mass is 564 g/mol. The molecule has 10 nitrogen and oxygen atoms in total. The molecule has 1 saturated heterocycles. The topological polar surface area (TPSA) is 147 Å². The van der Waals surface area contributed by atoms with Crippen molar-refractivity contribution in [3.05, 3.63) is 70.0 Å². The van der Waals surface area contributed by atoms with Gasteiger partial charge in [-0.1, -0.05) is 30.3 Å². The van der Waals surface area contributed by atoms with Crippen LogP contribution in [0.4, 0.5) is 18.0 Å². The summed E-state index contributed by atoms with van der Waals surface area (Å²) in [5.41, 5.74) is -1.06. The molecule has 1 aliphatic rings. The molecular formula is C27H27F3N2O8. The van der Waals surface area contributed by atoms with E-state index in [1.807, 2.05) is 0 Å². The molecule has 214 valence electrons. The van der Waals surface area contributed by atoms with Gasteiger partial charge >= 0.3 is 12.3 Å². The third-order valence-electron chi connectivity index (χ3n) is 6.44. The molecule has 1 unspecified atom stereocenters. The molecule has 40 heavy (non-hydrogen) atoms. The molecular weight excluding hydrogens is 537 g/mol. The normalized spacial score (nSPS) is 17.3. The number of amides is 1. The molecule has 2 heterocycles. The van der Waals surface area contributed by atoms with E-state index in [0.717, 1.165) is 6.07 Å². The van der Waals surface area contributed by atoms with Crippen molar-refractivity contribution in [2.24, 2.45) is 0 Å². The van der Waals surface area contributed by atoms with E-state index in [0.29, 0.717) is 10.9 Å². The van der Waals surface area contributed by atoms with Gasteiger partial charge in [0.1, 0.15) is 19.3 Å². The summed E-state index contributed by atoms with van der Waals surface area (Å²) in [6.07, 6.45) is -6.09. The number of carbonyl (C=O) groups excluding carboxylic acids is 2. The lowest BCUT2D eigenvalue weighted by Crippen LogP contribution is -2.31. The number of pyridine rings is 1. The van der Waals surface area contributed by atoms with Crippen LogP contribution in [0.25, 0.3) is 22.0 Å². The van der Waals surface area contributed by atoms with E-state index >= 15 is 0 Å². The van der Waals surface area contributed by atoms with Gasteiger partial charge in [-0.2, -0.15) is 13.2 Å². The molecule has 0 bridgehead atoms. The molecule has 4 rings (SSSR count). The lowest BCUT2D eigenvalue weighted by atomic mass is 9.93. The first-order valence-electron chi connectivity index (χ1n) is 12.4. The number of fused-ring (bicyclic) bond motifs is 1. The molecule has 3 aromatic rings. The molecule has 0 radical (unpaired) electrons. The van der Waals surface area contributed by atoms with E-state index in [2.05, 4.69) is 10.3 Å². The smallest absolute Gasteiger partial charge is 0.432 e. The fourth-order valence-corrected chi connectivity index (χ4v) is 4.47. The lowest BCUT2D eigenvalue weighted by molar-refractivity contribution is -0.137. The maximum atomic E-state index is 13.5. The van der Waals surface area contributed by atoms with Crippen LogP contribution in [0.15, 0.2) is 53.3 Å². The molecule has 2 atom stereocenters. The van der Waals surface area contributed by atoms with E-state index < -0.39 is 41.5 Å². The van der Waals surface area contributed by atoms with Gasteiger partial charge in [0.15, 0.2) is 0 Å². The Bertz CT molecular complexity index is 1420. The standard InChI is InChI=1S/C27H27F3N2O8/c28-27(29,30)22-4-2-1-3-19(22)23-10-16-6-5-15(9-20(16)25(36)32-23)21-11-17(31-24(21)35)14-40-26(37)39-8-7-38-18(12-33)13-34/h1-6,9-10,17-18,21,33-34H,7-8,11-14H2,(H,31,35)(H,32,36)/t17?,21-/m0/s1. The molecule has 2 aromatic carbocycles. The summed E-state index contributed by atoms with van der Waals surface area (Å²) in [6.45, 7) is -1.14. The predicted octanol–water partition coefficient (Wildman–Crippen LogP) is 2.71. The number of hydrogen-bond donors (Lipinski definition) is 4. The van der Waals surface area contributed by atoms with Crippen molar-refractivity contribution in [1.29, 1.82) is 0 Å². The van der Waals surface area contributed by atoms with Gasteiger partial charge in [-0.25, -0.2) is 4.79 Å². The first kappa shape index (κ1) is 29.1. The Morgan fingerprint density at radius 2 is 1.77 bits per heavy atom. The molecule has 4 N–H and O–H groups in total. The van der Waals surface area contributed by atoms with E-state index in [1.54, 1.807) is 12.1 Å². The second-order valence-electron chi connectivity index (χ2n) is 9.16. The van der Waals surface area contributed by atoms with Crippen molar-refractivity contribution < 1.29 is 47.2 Å². The van der Waals surface area contributed by atoms with Crippen molar-refractivity contribution in [3.8, 4) is 11.3 Å². The SMILES string of the molecule is O=C(OCCOC(CO)CO)OCC1C[C@@H](c2ccc3cc(-c4ccccc4C(F)(F)F)[nH]c(=O)c3c2)C(=O)N1. The number of alkyl halides is 3. The maximum Gasteiger partial charge on any atom is 0.508 e. The number of rotatable bonds is 10. The van der Waals surface area contributed by atoms with Crippen molar-refractivity contribution in [1.82, 2.24) is 10.3 Å². The first-order valence-corrected chi connectivity index (χ1v) is 12.4. The van der Waals surface area contributed by atoms with Gasteiger partial charge in [0.2, 0.25) is 5.91 Å². The summed E-state index contributed by atoms with van der Waals surface area (Å²) in [5.74, 6) is -0.970. The number of aliphatic hydroxyl groups excluding tert-OH is 2. The van der Waals surface area contributed by atoms with Crippen molar-refractivity contribution in [2.75, 3.05) is 33.0 Å². The minimum Gasteiger partial charge on any atom is -0.432 e. The number of benzene rings is 2. The minimum atomic E-state index is -4.60. The molecule has 0 saturated carbocycles. The Balaban J connectivity index is 1.40. The van der Waals surface area contributed by atoms with Crippen LogP contribution in [0.1, 0.15) is 23.5 Å². The highest BCUT2D eigenvalue weighted by Crippen LogP contribution is 2.37. The molecule has 13 heteroatoms. The van der Waals surface area contributed by atoms with Gasteiger partial charge < -0.3 is 34.7 Å². The number of nitrogens with one attached hydrogen (secondary N) is 2. The van der Waals surface area contributed by atoms with Crippen LogP contribution in [0.2, 0.25) is 0 Å². The molecule has 1 fully saturated rings. The van der Waals surface area contributed by atoms with Gasteiger partial charge in [0, 0.05) is 16.6 Å². The Hall–Kier alpha value is -3.94. The van der Waals surface area contributed by atoms with Crippen LogP contribution in [0, 0.1) is 0 Å². The maximum absolute atomic E-state index is 13.5. The van der Waals surface area contributed by atoms with Crippen molar-refractivity contribution in [3.63, 3.8) is 0 Å². The zero-order valence-corrected chi connectivity index (χ0v) is 21.1. The highest BCUT2D eigenvalue weighted by Gasteiger charge is 2.35. The Morgan fingerprint density at radius 3 is 2.50 bits per heavy atom. The minimum absolute atomic E-state index is 0.0223. The number of aliphatic hydroxyl groups is 2. The quantitative estimate of drug-likeness (QED) is 0.217. The predicted molar refractivity (Wildman–Crippen MR) is 136 cm³/mol. The second kappa shape index (κ2) is 12.5. The number of aromatic amines is 1. The van der Waals surface area contributed by atoms with Crippen molar-refractivity contribution >= 4 is 22.8 Å². The Morgan fingerprint density at radius 1 is 1.02 bits per heavy atom. The fraction of sp³-hybridized carbons (Fsp3) is 0.370. The number of carbonyl (C=O) groups is 2. The highest BCUT2D eigenvalue weighted by atomic mass is 19.4. The Kier molecular flexibility index (Phi) is 9.07. The largest absolute Gasteiger partial charge is 0.508 e. The number of ether oxygens (including phenoxy) is 3. The number of halogens is 3. The fourth-order valence-electron chi connectivity index (χ4n) is 4.47. The van der Waals surface area contributed by atoms with Gasteiger partial charge in [0.25, 0.3) is 5.56 Å². The third kappa shape index (κ3) is 6.79. The zero-order chi connectivity index (χ0) is 28.9. The summed E-state index contributed by atoms with van der Waals surface area (Å²) < 4.78 is 55.4. The third-order valence-corrected chi connectivity index (χ3v) is 6.44. The van der Waals surface area contributed by atoms with Crippen LogP contribution < -0.4 is 10.9 Å². The average Bonchev–Trinajstić information content (AvgIpc) is 3.31. The molecule has 0 spiro atoms. The van der Waals surface area contributed by atoms with Gasteiger partial charge in [-0.05, 0) is 35.6 Å². The number of hydrogen-bond acceptors (Lipinski definition) is 8. The summed E-state index contributed by atoms with van der Waals surface area (Å²) in [6, 6.07) is 10.6. The molecule has 0 aliphatic carbocycles. The summed E-state index contributed by atoms with van der Waals surface area (Å²) >= 11 is 0. The van der Waals surface area contributed by atoms with Crippen molar-refractivity contribution in [2.45, 2.75) is 30.7 Å². The number of H-pyrrole nitrogens is 1. The van der Waals surface area contributed by atoms with Crippen LogP contribution in [0.5, 0.6) is 0 Å². The molecule has 1 aliphatic heterocycles. The first-order chi connectivity index (χ1) is 19.1. The molecule has 1 aromatic heterocycles. The van der Waals surface area contributed by atoms with E-state index in [1.165, 1.54) is 30.3 Å². The summed E-state index contributed by atoms with van der Waals surface area (Å²) in [5, 5.41) is 21.2. The van der Waals surface area contributed by atoms with Gasteiger partial charge in [-0.3, -0.25) is 9.59 Å². The van der Waals surface area contributed by atoms with E-state index in [9.17, 15) is 27.6 Å². The van der Waals surface area contributed by atoms with E-state index in [4.69, 9.17) is 24.4 Å². The Labute approximate surface area is 225 Å². The zero-order valence-electron chi connectivity index (χ0n) is 21.1. The summed E-state index contributed by atoms with van der Waals surface area (Å²) in [4.78, 5) is 39.8. The second-order valence-corrected chi connectivity index (χ2v) is 9.16. The summed E-state index contributed by atoms with van der Waals surface area (Å²) in [7, 11) is 0. The van der Waals surface area contributed by atoms with Crippen LogP contribution in [-0.2, 0) is 25.2 Å². The highest BCUT2D eigenvalue weighted by molar-refractivity contribution is 5.90. The van der Waals surface area contributed by atoms with E-state index in [-0.39, 0.29) is 62.0 Å². The van der Waals surface area contributed by atoms with Gasteiger partial charge in [0.05, 0.1) is 37.3 Å². The van der Waals surface area contributed by atoms with Crippen LogP contribution >= 0.6 is 0 Å². The lowest BCUT2D eigenvalue weighted by Gasteiger charge is -2.14. The van der Waals surface area contributed by atoms with Gasteiger partial charge in [-0.15, -0.1) is 0 Å². The van der Waals surface area contributed by atoms with Crippen LogP contribution in [0.3, 0.4) is 0 Å². The number of aromatic nitrogens is 1.